The van der Waals surface area contributed by atoms with Crippen molar-refractivity contribution < 1.29 is 0 Å². The second kappa shape index (κ2) is 4.57. The van der Waals surface area contributed by atoms with E-state index in [9.17, 15) is 0 Å². The van der Waals surface area contributed by atoms with Crippen molar-refractivity contribution in [2.45, 2.75) is 6.54 Å². The smallest absolute Gasteiger partial charge is 0.185 e. The first-order valence-electron chi connectivity index (χ1n) is 3.97. The van der Waals surface area contributed by atoms with Crippen LogP contribution in [0, 0.1) is 11.3 Å². The Morgan fingerprint density at radius 2 is 2.47 bits per heavy atom. The summed E-state index contributed by atoms with van der Waals surface area (Å²) in [5.41, 5.74) is 1.77. The third-order valence-corrected chi connectivity index (χ3v) is 3.67. The lowest BCUT2D eigenvalue weighted by molar-refractivity contribution is 1.16. The molecule has 2 aromatic rings. The van der Waals surface area contributed by atoms with Crippen LogP contribution in [-0.2, 0) is 6.54 Å². The van der Waals surface area contributed by atoms with Gasteiger partial charge in [0.1, 0.15) is 10.9 Å². The highest BCUT2D eigenvalue weighted by Crippen LogP contribution is 2.26. The zero-order valence-corrected chi connectivity index (χ0v) is 9.79. The summed E-state index contributed by atoms with van der Waals surface area (Å²) >= 11 is 8.55. The number of hydrogen-bond acceptors (Lipinski definition) is 6. The second-order valence-corrected chi connectivity index (χ2v) is 4.90. The summed E-state index contributed by atoms with van der Waals surface area (Å²) in [6.07, 6.45) is 1.79. The Kier molecular flexibility index (Phi) is 3.16. The summed E-state index contributed by atoms with van der Waals surface area (Å²) in [6.45, 7) is 0.652. The van der Waals surface area contributed by atoms with Gasteiger partial charge in [0.05, 0.1) is 12.1 Å². The minimum atomic E-state index is 0.259. The number of nitrogens with zero attached hydrogens (tertiary/aromatic N) is 3. The van der Waals surface area contributed by atoms with E-state index in [4.69, 9.17) is 16.9 Å². The van der Waals surface area contributed by atoms with Crippen LogP contribution < -0.4 is 5.32 Å². The summed E-state index contributed by atoms with van der Waals surface area (Å²) < 4.78 is 0. The molecule has 0 saturated carbocycles. The van der Waals surface area contributed by atoms with Gasteiger partial charge in [-0.25, -0.2) is 4.98 Å². The van der Waals surface area contributed by atoms with E-state index >= 15 is 0 Å². The lowest BCUT2D eigenvalue weighted by Crippen LogP contribution is -1.96. The fraction of sp³-hybridized carbons (Fsp3) is 0.125. The zero-order chi connectivity index (χ0) is 10.7. The Morgan fingerprint density at radius 1 is 1.60 bits per heavy atom. The molecule has 0 spiro atoms. The van der Waals surface area contributed by atoms with Crippen LogP contribution in [-0.4, -0.2) is 9.97 Å². The highest BCUT2D eigenvalue weighted by Gasteiger charge is 2.07. The van der Waals surface area contributed by atoms with Crippen molar-refractivity contribution in [2.24, 2.45) is 0 Å². The maximum absolute atomic E-state index is 8.68. The molecule has 0 bridgehead atoms. The van der Waals surface area contributed by atoms with Crippen LogP contribution in [0.25, 0.3) is 0 Å². The molecule has 0 atom stereocenters. The molecular weight excluding hydrogens is 252 g/mol. The average molecular weight is 257 g/mol. The minimum Gasteiger partial charge on any atom is -0.356 e. The van der Waals surface area contributed by atoms with Gasteiger partial charge in [-0.2, -0.15) is 5.26 Å². The molecule has 15 heavy (non-hydrogen) atoms. The van der Waals surface area contributed by atoms with Crippen LogP contribution in [0.5, 0.6) is 0 Å². The number of rotatable bonds is 3. The van der Waals surface area contributed by atoms with Gasteiger partial charge in [-0.1, -0.05) is 22.9 Å². The Labute approximate surface area is 99.2 Å². The van der Waals surface area contributed by atoms with Crippen LogP contribution >= 0.6 is 34.3 Å². The molecule has 7 heteroatoms. The Hall–Kier alpha value is -1.16. The molecule has 0 amide bonds. The molecule has 0 radical (unpaired) electrons. The zero-order valence-electron chi connectivity index (χ0n) is 7.40. The number of halogens is 1. The van der Waals surface area contributed by atoms with Crippen molar-refractivity contribution in [1.29, 1.82) is 5.26 Å². The molecule has 0 unspecified atom stereocenters. The van der Waals surface area contributed by atoms with Crippen molar-refractivity contribution in [2.75, 3.05) is 5.32 Å². The molecule has 0 aliphatic heterocycles. The van der Waals surface area contributed by atoms with Crippen molar-refractivity contribution in [3.05, 3.63) is 26.6 Å². The van der Waals surface area contributed by atoms with E-state index in [0.29, 0.717) is 16.6 Å². The van der Waals surface area contributed by atoms with Gasteiger partial charge in [0, 0.05) is 11.1 Å². The Balaban J connectivity index is 2.03. The molecular formula is C8H5ClN4S2. The highest BCUT2D eigenvalue weighted by atomic mass is 35.5. The van der Waals surface area contributed by atoms with Gasteiger partial charge < -0.3 is 5.32 Å². The predicted molar refractivity (Wildman–Crippen MR) is 61.3 cm³/mol. The fourth-order valence-electron chi connectivity index (χ4n) is 0.938. The van der Waals surface area contributed by atoms with Gasteiger partial charge in [0.25, 0.3) is 0 Å². The quantitative estimate of drug-likeness (QED) is 0.917. The largest absolute Gasteiger partial charge is 0.356 e. The number of thiazole rings is 2. The summed E-state index contributed by atoms with van der Waals surface area (Å²) in [7, 11) is 0. The molecule has 2 aromatic heterocycles. The summed E-state index contributed by atoms with van der Waals surface area (Å²) in [4.78, 5) is 9.52. The van der Waals surface area contributed by atoms with Gasteiger partial charge in [-0.3, -0.25) is 4.98 Å². The van der Waals surface area contributed by atoms with E-state index in [0.717, 1.165) is 4.88 Å². The molecule has 0 aliphatic carbocycles. The standard InChI is InChI=1S/C8H5ClN4S2/c9-7-6(1-10)15-8(13-7)12-3-5-2-11-4-14-5/h2,4H,3H2,(H,12,13). The Morgan fingerprint density at radius 3 is 3.07 bits per heavy atom. The van der Waals surface area contributed by atoms with Crippen LogP contribution in [0.3, 0.4) is 0 Å². The van der Waals surface area contributed by atoms with Gasteiger partial charge in [0.15, 0.2) is 10.3 Å². The first-order chi connectivity index (χ1) is 7.29. The van der Waals surface area contributed by atoms with Gasteiger partial charge >= 0.3 is 0 Å². The van der Waals surface area contributed by atoms with E-state index in [-0.39, 0.29) is 5.15 Å². The molecule has 2 rings (SSSR count). The predicted octanol–water partition coefficient (Wildman–Crippen LogP) is 2.74. The summed E-state index contributed by atoms with van der Waals surface area (Å²) in [5.74, 6) is 0. The summed E-state index contributed by atoms with van der Waals surface area (Å²) in [6, 6.07) is 1.98. The topological polar surface area (TPSA) is 61.6 Å². The van der Waals surface area contributed by atoms with E-state index < -0.39 is 0 Å². The monoisotopic (exact) mass is 256 g/mol. The molecule has 0 aliphatic rings. The molecule has 2 heterocycles. The fourth-order valence-corrected chi connectivity index (χ4v) is 2.42. The van der Waals surface area contributed by atoms with Crippen LogP contribution in [0.4, 0.5) is 5.13 Å². The van der Waals surface area contributed by atoms with Crippen molar-refractivity contribution >= 4 is 39.4 Å². The maximum atomic E-state index is 8.68. The van der Waals surface area contributed by atoms with E-state index in [2.05, 4.69) is 15.3 Å². The molecule has 1 N–H and O–H groups in total. The number of anilines is 1. The number of nitrogens with one attached hydrogen (secondary N) is 1. The van der Waals surface area contributed by atoms with Crippen LogP contribution in [0.2, 0.25) is 5.15 Å². The Bertz CT molecular complexity index is 485. The lowest BCUT2D eigenvalue weighted by Gasteiger charge is -1.97. The third-order valence-electron chi connectivity index (χ3n) is 1.58. The number of hydrogen-bond donors (Lipinski definition) is 1. The maximum Gasteiger partial charge on any atom is 0.185 e. The van der Waals surface area contributed by atoms with Crippen molar-refractivity contribution in [3.63, 3.8) is 0 Å². The number of aromatic nitrogens is 2. The van der Waals surface area contributed by atoms with Crippen molar-refractivity contribution in [1.82, 2.24) is 9.97 Å². The van der Waals surface area contributed by atoms with Crippen LogP contribution in [0.15, 0.2) is 11.7 Å². The average Bonchev–Trinajstić information content (AvgIpc) is 2.83. The minimum absolute atomic E-state index is 0.259. The molecule has 0 fully saturated rings. The van der Waals surface area contributed by atoms with Gasteiger partial charge in [-0.15, -0.1) is 11.3 Å². The number of nitriles is 1. The van der Waals surface area contributed by atoms with E-state index in [1.54, 1.807) is 23.0 Å². The molecule has 4 nitrogen and oxygen atoms in total. The molecule has 0 saturated heterocycles. The van der Waals surface area contributed by atoms with Crippen molar-refractivity contribution in [3.8, 4) is 6.07 Å². The van der Waals surface area contributed by atoms with Crippen LogP contribution in [0.1, 0.15) is 9.75 Å². The summed E-state index contributed by atoms with van der Waals surface area (Å²) in [5, 5.41) is 12.7. The molecule has 76 valence electrons. The first kappa shape index (κ1) is 10.4. The third kappa shape index (κ3) is 2.45. The molecule has 0 aromatic carbocycles. The second-order valence-electron chi connectivity index (χ2n) is 2.57. The SMILES string of the molecule is N#Cc1sc(NCc2cncs2)nc1Cl. The van der Waals surface area contributed by atoms with Gasteiger partial charge in [-0.05, 0) is 0 Å². The normalized spacial score (nSPS) is 9.87. The lowest BCUT2D eigenvalue weighted by atomic mass is 10.5. The van der Waals surface area contributed by atoms with Gasteiger partial charge in [0.2, 0.25) is 0 Å². The highest BCUT2D eigenvalue weighted by molar-refractivity contribution is 7.16. The van der Waals surface area contributed by atoms with E-state index in [1.807, 2.05) is 6.07 Å². The van der Waals surface area contributed by atoms with E-state index in [1.165, 1.54) is 11.3 Å². The first-order valence-corrected chi connectivity index (χ1v) is 6.04.